The SMILES string of the molecule is CCC1CCCN(c2nc(C)cc(C(=O)O)n2)CC1. The number of anilines is 1. The van der Waals surface area contributed by atoms with E-state index in [2.05, 4.69) is 21.8 Å². The van der Waals surface area contributed by atoms with Gasteiger partial charge < -0.3 is 10.0 Å². The van der Waals surface area contributed by atoms with Crippen molar-refractivity contribution >= 4 is 11.9 Å². The van der Waals surface area contributed by atoms with Gasteiger partial charge in [0.05, 0.1) is 0 Å². The molecule has 2 heterocycles. The van der Waals surface area contributed by atoms with Crippen LogP contribution in [0.5, 0.6) is 0 Å². The van der Waals surface area contributed by atoms with E-state index < -0.39 is 5.97 Å². The number of aryl methyl sites for hydroxylation is 1. The molecular formula is C14H21N3O2. The van der Waals surface area contributed by atoms with Crippen LogP contribution in [0, 0.1) is 12.8 Å². The van der Waals surface area contributed by atoms with Crippen LogP contribution in [0.1, 0.15) is 48.8 Å². The van der Waals surface area contributed by atoms with Gasteiger partial charge in [-0.2, -0.15) is 0 Å². The third kappa shape index (κ3) is 3.43. The normalized spacial score (nSPS) is 20.1. The molecule has 2 rings (SSSR count). The summed E-state index contributed by atoms with van der Waals surface area (Å²) in [5, 5.41) is 9.06. The predicted molar refractivity (Wildman–Crippen MR) is 73.6 cm³/mol. The Morgan fingerprint density at radius 3 is 2.89 bits per heavy atom. The lowest BCUT2D eigenvalue weighted by Crippen LogP contribution is -2.27. The Kier molecular flexibility index (Phi) is 4.35. The van der Waals surface area contributed by atoms with Gasteiger partial charge in [0.15, 0.2) is 5.69 Å². The number of hydrogen-bond donors (Lipinski definition) is 1. The summed E-state index contributed by atoms with van der Waals surface area (Å²) in [4.78, 5) is 21.7. The Bertz CT molecular complexity index is 462. The van der Waals surface area contributed by atoms with Gasteiger partial charge in [-0.3, -0.25) is 0 Å². The van der Waals surface area contributed by atoms with E-state index in [9.17, 15) is 4.79 Å². The second kappa shape index (κ2) is 5.99. The fourth-order valence-corrected chi connectivity index (χ4v) is 2.58. The van der Waals surface area contributed by atoms with Crippen LogP contribution in [0.2, 0.25) is 0 Å². The first-order valence-electron chi connectivity index (χ1n) is 6.94. The summed E-state index contributed by atoms with van der Waals surface area (Å²) in [5.41, 5.74) is 0.789. The first-order chi connectivity index (χ1) is 9.10. The molecule has 5 heteroatoms. The second-order valence-electron chi connectivity index (χ2n) is 5.19. The number of aromatic nitrogens is 2. The van der Waals surface area contributed by atoms with Crippen molar-refractivity contribution in [2.75, 3.05) is 18.0 Å². The highest BCUT2D eigenvalue weighted by Crippen LogP contribution is 2.22. The molecule has 19 heavy (non-hydrogen) atoms. The largest absolute Gasteiger partial charge is 0.477 e. The van der Waals surface area contributed by atoms with E-state index >= 15 is 0 Å². The lowest BCUT2D eigenvalue weighted by molar-refractivity contribution is 0.0690. The summed E-state index contributed by atoms with van der Waals surface area (Å²) in [5.74, 6) is 0.343. The third-order valence-corrected chi connectivity index (χ3v) is 3.77. The minimum absolute atomic E-state index is 0.0822. The highest BCUT2D eigenvalue weighted by molar-refractivity contribution is 5.85. The molecule has 1 aliphatic heterocycles. The zero-order chi connectivity index (χ0) is 13.8. The van der Waals surface area contributed by atoms with Gasteiger partial charge in [0, 0.05) is 18.8 Å². The van der Waals surface area contributed by atoms with Crippen LogP contribution in [0.15, 0.2) is 6.07 Å². The molecule has 1 aromatic rings. The Balaban J connectivity index is 2.19. The average Bonchev–Trinajstić information content (AvgIpc) is 2.63. The van der Waals surface area contributed by atoms with Crippen molar-refractivity contribution in [3.05, 3.63) is 17.5 Å². The molecule has 104 valence electrons. The van der Waals surface area contributed by atoms with Crippen LogP contribution in [-0.4, -0.2) is 34.1 Å². The standard InChI is InChI=1S/C14H21N3O2/c1-3-11-5-4-7-17(8-6-11)14-15-10(2)9-12(16-14)13(18)19/h9,11H,3-8H2,1-2H3,(H,18,19). The highest BCUT2D eigenvalue weighted by Gasteiger charge is 2.19. The zero-order valence-electron chi connectivity index (χ0n) is 11.6. The van der Waals surface area contributed by atoms with Gasteiger partial charge in [0.25, 0.3) is 0 Å². The average molecular weight is 263 g/mol. The smallest absolute Gasteiger partial charge is 0.354 e. The molecule has 1 atom stereocenters. The molecule has 5 nitrogen and oxygen atoms in total. The van der Waals surface area contributed by atoms with Crippen LogP contribution in [0.3, 0.4) is 0 Å². The van der Waals surface area contributed by atoms with Crippen LogP contribution in [0.25, 0.3) is 0 Å². The minimum Gasteiger partial charge on any atom is -0.477 e. The summed E-state index contributed by atoms with van der Waals surface area (Å²) >= 11 is 0. The number of carboxylic acids is 1. The maximum Gasteiger partial charge on any atom is 0.354 e. The Hall–Kier alpha value is -1.65. The highest BCUT2D eigenvalue weighted by atomic mass is 16.4. The zero-order valence-corrected chi connectivity index (χ0v) is 11.6. The van der Waals surface area contributed by atoms with Crippen molar-refractivity contribution in [3.8, 4) is 0 Å². The third-order valence-electron chi connectivity index (χ3n) is 3.77. The molecule has 0 spiro atoms. The molecule has 0 bridgehead atoms. The van der Waals surface area contributed by atoms with Crippen molar-refractivity contribution in [2.24, 2.45) is 5.92 Å². The summed E-state index contributed by atoms with van der Waals surface area (Å²) in [7, 11) is 0. The van der Waals surface area contributed by atoms with Crippen LogP contribution < -0.4 is 4.90 Å². The van der Waals surface area contributed by atoms with Crippen molar-refractivity contribution < 1.29 is 9.90 Å². The van der Waals surface area contributed by atoms with Gasteiger partial charge in [-0.25, -0.2) is 14.8 Å². The maximum absolute atomic E-state index is 11.0. The van der Waals surface area contributed by atoms with Crippen LogP contribution in [0.4, 0.5) is 5.95 Å². The Morgan fingerprint density at radius 1 is 1.42 bits per heavy atom. The molecule has 1 aliphatic rings. The number of carboxylic acid groups (broad SMARTS) is 1. The molecule has 0 amide bonds. The predicted octanol–water partition coefficient (Wildman–Crippen LogP) is 2.50. The lowest BCUT2D eigenvalue weighted by Gasteiger charge is -2.21. The molecule has 1 fully saturated rings. The van der Waals surface area contributed by atoms with E-state index in [0.29, 0.717) is 11.6 Å². The first kappa shape index (κ1) is 13.8. The molecule has 0 aliphatic carbocycles. The first-order valence-corrected chi connectivity index (χ1v) is 6.94. The van der Waals surface area contributed by atoms with Gasteiger partial charge in [0.2, 0.25) is 5.95 Å². The van der Waals surface area contributed by atoms with E-state index in [1.165, 1.54) is 18.9 Å². The van der Waals surface area contributed by atoms with Gasteiger partial charge in [0.1, 0.15) is 0 Å². The Morgan fingerprint density at radius 2 is 2.21 bits per heavy atom. The molecule has 1 aromatic heterocycles. The number of hydrogen-bond acceptors (Lipinski definition) is 4. The van der Waals surface area contributed by atoms with Crippen molar-refractivity contribution in [1.29, 1.82) is 0 Å². The molecule has 1 N–H and O–H groups in total. The van der Waals surface area contributed by atoms with E-state index in [1.54, 1.807) is 0 Å². The fourth-order valence-electron chi connectivity index (χ4n) is 2.58. The van der Waals surface area contributed by atoms with E-state index in [0.717, 1.165) is 31.8 Å². The van der Waals surface area contributed by atoms with Gasteiger partial charge in [-0.15, -0.1) is 0 Å². The number of nitrogens with zero attached hydrogens (tertiary/aromatic N) is 3. The van der Waals surface area contributed by atoms with Gasteiger partial charge in [-0.05, 0) is 38.2 Å². The number of carbonyl (C=O) groups is 1. The van der Waals surface area contributed by atoms with E-state index in [1.807, 2.05) is 6.92 Å². The van der Waals surface area contributed by atoms with E-state index in [4.69, 9.17) is 5.11 Å². The Labute approximate surface area is 113 Å². The van der Waals surface area contributed by atoms with Crippen molar-refractivity contribution in [3.63, 3.8) is 0 Å². The lowest BCUT2D eigenvalue weighted by atomic mass is 9.98. The van der Waals surface area contributed by atoms with Gasteiger partial charge in [-0.1, -0.05) is 13.3 Å². The van der Waals surface area contributed by atoms with Crippen molar-refractivity contribution in [2.45, 2.75) is 39.5 Å². The summed E-state index contributed by atoms with van der Waals surface area (Å²) in [6.07, 6.45) is 4.71. The van der Waals surface area contributed by atoms with Crippen LogP contribution in [-0.2, 0) is 0 Å². The summed E-state index contributed by atoms with van der Waals surface area (Å²) < 4.78 is 0. The topological polar surface area (TPSA) is 66.3 Å². The van der Waals surface area contributed by atoms with Crippen molar-refractivity contribution in [1.82, 2.24) is 9.97 Å². The summed E-state index contributed by atoms with van der Waals surface area (Å²) in [6.45, 7) is 5.87. The second-order valence-corrected chi connectivity index (χ2v) is 5.19. The van der Waals surface area contributed by atoms with Crippen LogP contribution >= 0.6 is 0 Å². The van der Waals surface area contributed by atoms with E-state index in [-0.39, 0.29) is 5.69 Å². The fraction of sp³-hybridized carbons (Fsp3) is 0.643. The quantitative estimate of drug-likeness (QED) is 0.907. The molecule has 0 saturated carbocycles. The number of rotatable bonds is 3. The van der Waals surface area contributed by atoms with Gasteiger partial charge >= 0.3 is 5.97 Å². The summed E-state index contributed by atoms with van der Waals surface area (Å²) in [6, 6.07) is 1.51. The molecular weight excluding hydrogens is 242 g/mol. The minimum atomic E-state index is -0.993. The monoisotopic (exact) mass is 263 g/mol. The maximum atomic E-state index is 11.0. The molecule has 1 unspecified atom stereocenters. The molecule has 0 radical (unpaired) electrons. The molecule has 0 aromatic carbocycles. The molecule has 1 saturated heterocycles. The number of aromatic carboxylic acids is 1.